The Kier molecular flexibility index (Phi) is 7.78. The monoisotopic (exact) mass is 452 g/mol. The number of rotatable bonds is 7. The fourth-order valence-corrected chi connectivity index (χ4v) is 3.59. The lowest BCUT2D eigenvalue weighted by molar-refractivity contribution is 0.0523. The Morgan fingerprint density at radius 1 is 0.969 bits per heavy atom. The lowest BCUT2D eigenvalue weighted by Gasteiger charge is -2.20. The first-order valence-electron chi connectivity index (χ1n) is 10.5. The van der Waals surface area contributed by atoms with Crippen LogP contribution in [0.1, 0.15) is 37.5 Å². The number of hydrogen-bond acceptors (Lipinski definition) is 4. The summed E-state index contributed by atoms with van der Waals surface area (Å²) in [5.74, 6) is 0. The van der Waals surface area contributed by atoms with Crippen LogP contribution in [-0.2, 0) is 24.4 Å². The molecule has 0 heterocycles. The summed E-state index contributed by atoms with van der Waals surface area (Å²) in [6.07, 6.45) is -0.460. The Balaban J connectivity index is 1.85. The van der Waals surface area contributed by atoms with Gasteiger partial charge in [0.25, 0.3) is 0 Å². The minimum absolute atomic E-state index is 0.134. The molecule has 0 aliphatic carbocycles. The van der Waals surface area contributed by atoms with Crippen molar-refractivity contribution in [3.8, 4) is 11.1 Å². The third kappa shape index (κ3) is 6.74. The first kappa shape index (κ1) is 23.6. The van der Waals surface area contributed by atoms with E-state index in [0.29, 0.717) is 18.1 Å². The Labute approximate surface area is 194 Å². The number of benzene rings is 3. The minimum Gasteiger partial charge on any atom is -0.444 e. The van der Waals surface area contributed by atoms with Crippen molar-refractivity contribution in [2.75, 3.05) is 5.32 Å². The van der Waals surface area contributed by atoms with Crippen molar-refractivity contribution in [1.29, 1.82) is 0 Å². The van der Waals surface area contributed by atoms with Gasteiger partial charge in [0.1, 0.15) is 5.60 Å². The van der Waals surface area contributed by atoms with E-state index in [9.17, 15) is 9.90 Å². The lowest BCUT2D eigenvalue weighted by Crippen LogP contribution is -2.32. The molecule has 0 saturated heterocycles. The van der Waals surface area contributed by atoms with Gasteiger partial charge < -0.3 is 20.5 Å². The number of nitrogens with one attached hydrogen (secondary N) is 2. The summed E-state index contributed by atoms with van der Waals surface area (Å²) in [6.45, 7) is 6.30. The molecule has 0 aromatic heterocycles. The first-order valence-corrected chi connectivity index (χ1v) is 10.9. The van der Waals surface area contributed by atoms with Crippen LogP contribution in [0.15, 0.2) is 66.7 Å². The molecule has 0 bridgehead atoms. The zero-order chi connectivity index (χ0) is 23.1. The number of alkyl carbamates (subject to hydrolysis) is 1. The topological polar surface area (TPSA) is 70.6 Å². The van der Waals surface area contributed by atoms with E-state index >= 15 is 0 Å². The van der Waals surface area contributed by atoms with Crippen molar-refractivity contribution in [3.63, 3.8) is 0 Å². The number of carbonyl (C=O) groups excluding carboxylic acids is 1. The highest BCUT2D eigenvalue weighted by Gasteiger charge is 2.16. The second-order valence-corrected chi connectivity index (χ2v) is 8.98. The van der Waals surface area contributed by atoms with E-state index in [4.69, 9.17) is 16.3 Å². The number of halogens is 1. The summed E-state index contributed by atoms with van der Waals surface area (Å²) in [6, 6.07) is 21.6. The molecular formula is C26H29ClN2O3. The van der Waals surface area contributed by atoms with Crippen molar-refractivity contribution >= 4 is 23.4 Å². The summed E-state index contributed by atoms with van der Waals surface area (Å²) in [4.78, 5) is 12.0. The summed E-state index contributed by atoms with van der Waals surface area (Å²) >= 11 is 6.36. The SMILES string of the molecule is CC(C)(C)OC(=O)NCc1cccc(-c2cc(Cl)cc(CO)c2NCc2ccccc2)c1. The molecule has 3 rings (SSSR count). The van der Waals surface area contributed by atoms with Crippen molar-refractivity contribution < 1.29 is 14.6 Å². The highest BCUT2D eigenvalue weighted by Crippen LogP contribution is 2.35. The molecule has 0 spiro atoms. The zero-order valence-corrected chi connectivity index (χ0v) is 19.4. The van der Waals surface area contributed by atoms with Gasteiger partial charge >= 0.3 is 6.09 Å². The number of amides is 1. The van der Waals surface area contributed by atoms with E-state index in [-0.39, 0.29) is 6.61 Å². The van der Waals surface area contributed by atoms with Gasteiger partial charge in [-0.3, -0.25) is 0 Å². The number of aliphatic hydroxyl groups excluding tert-OH is 1. The number of carbonyl (C=O) groups is 1. The van der Waals surface area contributed by atoms with Gasteiger partial charge in [0, 0.05) is 34.9 Å². The van der Waals surface area contributed by atoms with Crippen LogP contribution in [-0.4, -0.2) is 16.8 Å². The quantitative estimate of drug-likeness (QED) is 0.403. The number of aliphatic hydroxyl groups is 1. The third-order valence-electron chi connectivity index (χ3n) is 4.74. The molecule has 168 valence electrons. The largest absolute Gasteiger partial charge is 0.444 e. The van der Waals surface area contributed by atoms with Crippen LogP contribution in [0.4, 0.5) is 10.5 Å². The van der Waals surface area contributed by atoms with Crippen LogP contribution in [0, 0.1) is 0 Å². The zero-order valence-electron chi connectivity index (χ0n) is 18.6. The van der Waals surface area contributed by atoms with Crippen molar-refractivity contribution in [3.05, 3.63) is 88.4 Å². The van der Waals surface area contributed by atoms with Gasteiger partial charge in [-0.15, -0.1) is 0 Å². The van der Waals surface area contributed by atoms with Crippen molar-refractivity contribution in [1.82, 2.24) is 5.32 Å². The molecule has 0 unspecified atom stereocenters. The molecule has 0 aliphatic heterocycles. The van der Waals surface area contributed by atoms with Gasteiger partial charge in [-0.1, -0.05) is 60.1 Å². The molecule has 0 radical (unpaired) electrons. The number of anilines is 1. The molecule has 3 aromatic carbocycles. The van der Waals surface area contributed by atoms with Crippen LogP contribution < -0.4 is 10.6 Å². The van der Waals surface area contributed by atoms with Crippen LogP contribution in [0.5, 0.6) is 0 Å². The average molecular weight is 453 g/mol. The van der Waals surface area contributed by atoms with E-state index in [1.165, 1.54) is 0 Å². The number of hydrogen-bond donors (Lipinski definition) is 3. The molecule has 0 fully saturated rings. The maximum absolute atomic E-state index is 12.0. The fraction of sp³-hybridized carbons (Fsp3) is 0.269. The molecule has 3 aromatic rings. The van der Waals surface area contributed by atoms with Crippen LogP contribution in [0.25, 0.3) is 11.1 Å². The highest BCUT2D eigenvalue weighted by molar-refractivity contribution is 6.31. The van der Waals surface area contributed by atoms with Crippen LogP contribution in [0.2, 0.25) is 5.02 Å². The van der Waals surface area contributed by atoms with E-state index in [1.54, 1.807) is 6.07 Å². The Hall–Kier alpha value is -3.02. The highest BCUT2D eigenvalue weighted by atomic mass is 35.5. The van der Waals surface area contributed by atoms with Gasteiger partial charge in [0.05, 0.1) is 6.61 Å². The molecule has 0 aliphatic rings. The number of ether oxygens (including phenoxy) is 1. The standard InChI is InChI=1S/C26H29ClN2O3/c1-26(2,3)32-25(31)29-16-19-10-7-11-20(12-19)23-14-22(27)13-21(17-30)24(23)28-15-18-8-5-4-6-9-18/h4-14,28,30H,15-17H2,1-3H3,(H,29,31). The summed E-state index contributed by atoms with van der Waals surface area (Å²) in [5, 5.41) is 16.7. The van der Waals surface area contributed by atoms with Crippen LogP contribution in [0.3, 0.4) is 0 Å². The van der Waals surface area contributed by atoms with Crippen molar-refractivity contribution in [2.45, 2.75) is 46.1 Å². The molecule has 6 heteroatoms. The second-order valence-electron chi connectivity index (χ2n) is 8.54. The molecule has 32 heavy (non-hydrogen) atoms. The van der Waals surface area contributed by atoms with Gasteiger partial charge in [0.15, 0.2) is 0 Å². The van der Waals surface area contributed by atoms with Gasteiger partial charge in [0.2, 0.25) is 0 Å². The maximum atomic E-state index is 12.0. The predicted octanol–water partition coefficient (Wildman–Crippen LogP) is 6.14. The summed E-state index contributed by atoms with van der Waals surface area (Å²) < 4.78 is 5.31. The maximum Gasteiger partial charge on any atom is 0.407 e. The van der Waals surface area contributed by atoms with Crippen LogP contribution >= 0.6 is 11.6 Å². The summed E-state index contributed by atoms with van der Waals surface area (Å²) in [7, 11) is 0. The van der Waals surface area contributed by atoms with Gasteiger partial charge in [-0.2, -0.15) is 0 Å². The van der Waals surface area contributed by atoms with Gasteiger partial charge in [-0.05, 0) is 55.7 Å². The molecular weight excluding hydrogens is 424 g/mol. The Morgan fingerprint density at radius 3 is 2.38 bits per heavy atom. The van der Waals surface area contributed by atoms with Crippen molar-refractivity contribution in [2.24, 2.45) is 0 Å². The summed E-state index contributed by atoms with van der Waals surface area (Å²) in [5.41, 5.74) is 4.88. The molecule has 0 saturated carbocycles. The Morgan fingerprint density at radius 2 is 1.69 bits per heavy atom. The van der Waals surface area contributed by atoms with E-state index in [2.05, 4.69) is 10.6 Å². The van der Waals surface area contributed by atoms with E-state index < -0.39 is 11.7 Å². The first-order chi connectivity index (χ1) is 15.2. The lowest BCUT2D eigenvalue weighted by atomic mass is 9.98. The van der Waals surface area contributed by atoms with E-state index in [0.717, 1.165) is 33.5 Å². The normalized spacial score (nSPS) is 11.2. The average Bonchev–Trinajstić information content (AvgIpc) is 2.76. The Bertz CT molecular complexity index is 1060. The third-order valence-corrected chi connectivity index (χ3v) is 4.96. The predicted molar refractivity (Wildman–Crippen MR) is 130 cm³/mol. The minimum atomic E-state index is -0.549. The molecule has 5 nitrogen and oxygen atoms in total. The second kappa shape index (κ2) is 10.5. The van der Waals surface area contributed by atoms with E-state index in [1.807, 2.05) is 81.4 Å². The molecule has 3 N–H and O–H groups in total. The molecule has 0 atom stereocenters. The van der Waals surface area contributed by atoms with Gasteiger partial charge in [-0.25, -0.2) is 4.79 Å². The fourth-order valence-electron chi connectivity index (χ4n) is 3.35. The molecule has 1 amide bonds. The smallest absolute Gasteiger partial charge is 0.407 e.